The van der Waals surface area contributed by atoms with Gasteiger partial charge in [0.25, 0.3) is 0 Å². The number of aryl methyl sites for hydroxylation is 1. The van der Waals surface area contributed by atoms with Crippen molar-refractivity contribution in [3.05, 3.63) is 64.0 Å². The van der Waals surface area contributed by atoms with Crippen LogP contribution in [0.5, 0.6) is 0 Å². The number of carbonyl (C=O) groups is 1. The van der Waals surface area contributed by atoms with Gasteiger partial charge in [-0.25, -0.2) is 13.4 Å². The van der Waals surface area contributed by atoms with Gasteiger partial charge in [-0.05, 0) is 48.7 Å². The molecule has 4 rings (SSSR count). The van der Waals surface area contributed by atoms with E-state index in [-0.39, 0.29) is 12.3 Å². The molecule has 29 heavy (non-hydrogen) atoms. The zero-order valence-corrected chi connectivity index (χ0v) is 17.8. The average molecular weight is 428 g/mol. The first kappa shape index (κ1) is 19.6. The smallest absolute Gasteiger partial charge is 0.232 e. The number of nitrogens with zero attached hydrogens (tertiary/aromatic N) is 2. The summed E-state index contributed by atoms with van der Waals surface area (Å²) in [6.07, 6.45) is 2.13. The Bertz CT molecular complexity index is 1190. The topological polar surface area (TPSA) is 79.4 Å². The first-order chi connectivity index (χ1) is 13.8. The minimum Gasteiger partial charge on any atom is -0.326 e. The number of amides is 1. The van der Waals surface area contributed by atoms with Crippen molar-refractivity contribution in [3.63, 3.8) is 0 Å². The SMILES string of the molecule is Cc1cccc(NC(=O)Cc2nc(-c3ccc4c(c3)CCN4S(C)(=O)=O)cs2)c1. The highest BCUT2D eigenvalue weighted by Crippen LogP contribution is 2.34. The highest BCUT2D eigenvalue weighted by Gasteiger charge is 2.26. The van der Waals surface area contributed by atoms with Gasteiger partial charge in [0, 0.05) is 23.2 Å². The standard InChI is InChI=1S/C21H21N3O3S2/c1-14-4-3-5-17(10-14)22-20(25)12-21-23-18(13-28-21)15-6-7-19-16(11-15)8-9-24(19)29(2,26)27/h3-7,10-11,13H,8-9,12H2,1-2H3,(H,22,25). The molecule has 0 bridgehead atoms. The molecule has 0 atom stereocenters. The van der Waals surface area contributed by atoms with Crippen molar-refractivity contribution in [1.82, 2.24) is 4.98 Å². The van der Waals surface area contributed by atoms with Crippen LogP contribution in [0.3, 0.4) is 0 Å². The molecular weight excluding hydrogens is 406 g/mol. The van der Waals surface area contributed by atoms with Crippen LogP contribution in [0.15, 0.2) is 47.8 Å². The third kappa shape index (κ3) is 4.33. The number of anilines is 2. The fourth-order valence-electron chi connectivity index (χ4n) is 3.47. The number of fused-ring (bicyclic) bond motifs is 1. The maximum atomic E-state index is 12.3. The summed E-state index contributed by atoms with van der Waals surface area (Å²) in [4.78, 5) is 16.9. The summed E-state index contributed by atoms with van der Waals surface area (Å²) in [7, 11) is -3.26. The molecular formula is C21H21N3O3S2. The van der Waals surface area contributed by atoms with E-state index in [1.807, 2.05) is 54.8 Å². The van der Waals surface area contributed by atoms with Crippen LogP contribution in [-0.2, 0) is 27.7 Å². The summed E-state index contributed by atoms with van der Waals surface area (Å²) in [5, 5.41) is 5.57. The summed E-state index contributed by atoms with van der Waals surface area (Å²) in [6, 6.07) is 13.4. The van der Waals surface area contributed by atoms with Crippen molar-refractivity contribution in [2.24, 2.45) is 0 Å². The van der Waals surface area contributed by atoms with E-state index < -0.39 is 10.0 Å². The van der Waals surface area contributed by atoms with Crippen LogP contribution in [0.1, 0.15) is 16.1 Å². The van der Waals surface area contributed by atoms with E-state index in [1.165, 1.54) is 21.9 Å². The second-order valence-electron chi connectivity index (χ2n) is 7.15. The fourth-order valence-corrected chi connectivity index (χ4v) is 5.23. The van der Waals surface area contributed by atoms with Gasteiger partial charge >= 0.3 is 0 Å². The molecule has 0 fully saturated rings. The Morgan fingerprint density at radius 3 is 2.83 bits per heavy atom. The van der Waals surface area contributed by atoms with E-state index in [1.54, 1.807) is 0 Å². The lowest BCUT2D eigenvalue weighted by Crippen LogP contribution is -2.27. The molecule has 6 nitrogen and oxygen atoms in total. The molecule has 1 aromatic heterocycles. The zero-order valence-electron chi connectivity index (χ0n) is 16.2. The van der Waals surface area contributed by atoms with Crippen molar-refractivity contribution in [3.8, 4) is 11.3 Å². The molecule has 0 aliphatic carbocycles. The van der Waals surface area contributed by atoms with Gasteiger partial charge in [0.05, 0.1) is 24.1 Å². The molecule has 1 N–H and O–H groups in total. The Balaban J connectivity index is 1.48. The number of thiazole rings is 1. The van der Waals surface area contributed by atoms with Gasteiger partial charge in [0.15, 0.2) is 0 Å². The molecule has 1 amide bonds. The molecule has 2 aromatic carbocycles. The second-order valence-corrected chi connectivity index (χ2v) is 10.00. The van der Waals surface area contributed by atoms with Crippen LogP contribution < -0.4 is 9.62 Å². The van der Waals surface area contributed by atoms with E-state index in [0.717, 1.165) is 38.8 Å². The Morgan fingerprint density at radius 2 is 2.07 bits per heavy atom. The number of carbonyl (C=O) groups excluding carboxylic acids is 1. The van der Waals surface area contributed by atoms with Crippen molar-refractivity contribution < 1.29 is 13.2 Å². The normalized spacial score (nSPS) is 13.4. The summed E-state index contributed by atoms with van der Waals surface area (Å²) in [5.41, 5.74) is 5.34. The average Bonchev–Trinajstić information content (AvgIpc) is 3.27. The fraction of sp³-hybridized carbons (Fsp3) is 0.238. The largest absolute Gasteiger partial charge is 0.326 e. The summed E-state index contributed by atoms with van der Waals surface area (Å²) in [6.45, 7) is 2.45. The Labute approximate surface area is 174 Å². The molecule has 150 valence electrons. The first-order valence-corrected chi connectivity index (χ1v) is 11.9. The molecule has 8 heteroatoms. The number of rotatable bonds is 5. The molecule has 0 unspecified atom stereocenters. The second kappa shape index (κ2) is 7.61. The Morgan fingerprint density at radius 1 is 1.24 bits per heavy atom. The van der Waals surface area contributed by atoms with Crippen LogP contribution in [0.2, 0.25) is 0 Å². The Kier molecular flexibility index (Phi) is 5.14. The van der Waals surface area contributed by atoms with Crippen LogP contribution in [0.4, 0.5) is 11.4 Å². The predicted octanol–water partition coefficient (Wildman–Crippen LogP) is 3.62. The van der Waals surface area contributed by atoms with Gasteiger partial charge in [0.1, 0.15) is 5.01 Å². The Hall–Kier alpha value is -2.71. The molecule has 3 aromatic rings. The minimum absolute atomic E-state index is 0.103. The van der Waals surface area contributed by atoms with Gasteiger partial charge in [-0.1, -0.05) is 18.2 Å². The van der Waals surface area contributed by atoms with Crippen molar-refractivity contribution >= 4 is 38.6 Å². The number of sulfonamides is 1. The van der Waals surface area contributed by atoms with Crippen LogP contribution >= 0.6 is 11.3 Å². The van der Waals surface area contributed by atoms with Crippen LogP contribution in [0.25, 0.3) is 11.3 Å². The van der Waals surface area contributed by atoms with Gasteiger partial charge in [-0.3, -0.25) is 9.10 Å². The van der Waals surface area contributed by atoms with Gasteiger partial charge < -0.3 is 5.32 Å². The maximum absolute atomic E-state index is 12.3. The predicted molar refractivity (Wildman–Crippen MR) is 117 cm³/mol. The molecule has 1 aliphatic heterocycles. The number of aromatic nitrogens is 1. The zero-order chi connectivity index (χ0) is 20.6. The highest BCUT2D eigenvalue weighted by atomic mass is 32.2. The lowest BCUT2D eigenvalue weighted by atomic mass is 10.1. The molecule has 0 saturated carbocycles. The van der Waals surface area contributed by atoms with E-state index >= 15 is 0 Å². The monoisotopic (exact) mass is 427 g/mol. The first-order valence-electron chi connectivity index (χ1n) is 9.21. The van der Waals surface area contributed by atoms with E-state index in [2.05, 4.69) is 10.3 Å². The third-order valence-corrected chi connectivity index (χ3v) is 6.82. The summed E-state index contributed by atoms with van der Waals surface area (Å²) in [5.74, 6) is -0.103. The number of benzene rings is 2. The number of hydrogen-bond donors (Lipinski definition) is 1. The summed E-state index contributed by atoms with van der Waals surface area (Å²) < 4.78 is 25.2. The maximum Gasteiger partial charge on any atom is 0.232 e. The van der Waals surface area contributed by atoms with E-state index in [9.17, 15) is 13.2 Å². The van der Waals surface area contributed by atoms with Crippen molar-refractivity contribution in [2.75, 3.05) is 22.4 Å². The van der Waals surface area contributed by atoms with E-state index in [0.29, 0.717) is 13.0 Å². The molecule has 0 spiro atoms. The van der Waals surface area contributed by atoms with Gasteiger partial charge in [-0.15, -0.1) is 11.3 Å². The van der Waals surface area contributed by atoms with Gasteiger partial charge in [-0.2, -0.15) is 0 Å². The van der Waals surface area contributed by atoms with E-state index in [4.69, 9.17) is 0 Å². The summed E-state index contributed by atoms with van der Waals surface area (Å²) >= 11 is 1.45. The minimum atomic E-state index is -3.26. The van der Waals surface area contributed by atoms with Gasteiger partial charge in [0.2, 0.25) is 15.9 Å². The highest BCUT2D eigenvalue weighted by molar-refractivity contribution is 7.92. The number of hydrogen-bond acceptors (Lipinski definition) is 5. The molecule has 0 radical (unpaired) electrons. The van der Waals surface area contributed by atoms with Crippen molar-refractivity contribution in [1.29, 1.82) is 0 Å². The quantitative estimate of drug-likeness (QED) is 0.674. The lowest BCUT2D eigenvalue weighted by molar-refractivity contribution is -0.115. The van der Waals surface area contributed by atoms with Crippen molar-refractivity contribution in [2.45, 2.75) is 19.8 Å². The molecule has 1 aliphatic rings. The number of nitrogens with one attached hydrogen (secondary N) is 1. The van der Waals surface area contributed by atoms with Crippen LogP contribution in [0, 0.1) is 6.92 Å². The third-order valence-electron chi connectivity index (χ3n) is 4.79. The lowest BCUT2D eigenvalue weighted by Gasteiger charge is -2.16. The molecule has 0 saturated heterocycles. The molecule has 2 heterocycles. The van der Waals surface area contributed by atoms with Crippen LogP contribution in [-0.4, -0.2) is 32.1 Å².